The molecule has 7 heteroatoms. The van der Waals surface area contributed by atoms with Gasteiger partial charge in [0, 0.05) is 11.1 Å². The molecule has 2 atom stereocenters. The van der Waals surface area contributed by atoms with Crippen LogP contribution < -0.4 is 9.47 Å². The highest BCUT2D eigenvalue weighted by molar-refractivity contribution is 6.05. The highest BCUT2D eigenvalue weighted by atomic mass is 16.5. The Kier molecular flexibility index (Phi) is 4.97. The molecule has 156 valence electrons. The number of ether oxygens (including phenoxy) is 2. The van der Waals surface area contributed by atoms with Crippen molar-refractivity contribution >= 4 is 17.3 Å². The number of hydrogen-bond donors (Lipinski definition) is 2. The topological polar surface area (TPSA) is 110 Å². The van der Waals surface area contributed by atoms with Crippen LogP contribution in [0.1, 0.15) is 70.4 Å². The lowest BCUT2D eigenvalue weighted by Crippen LogP contribution is -2.31. The molecule has 2 heterocycles. The predicted octanol–water partition coefficient (Wildman–Crippen LogP) is 3.50. The first-order valence-electron chi connectivity index (χ1n) is 9.84. The van der Waals surface area contributed by atoms with Gasteiger partial charge in [-0.2, -0.15) is 0 Å². The highest BCUT2D eigenvalue weighted by Crippen LogP contribution is 2.47. The van der Waals surface area contributed by atoms with Gasteiger partial charge in [0.15, 0.2) is 11.6 Å². The van der Waals surface area contributed by atoms with Gasteiger partial charge in [0.1, 0.15) is 28.8 Å². The number of Topliss-reactive ketones (excluding diaryl/α,β-unsaturated/α-hetero) is 3. The molecule has 0 amide bonds. The van der Waals surface area contributed by atoms with Crippen LogP contribution in [0.15, 0.2) is 24.3 Å². The van der Waals surface area contributed by atoms with Crippen LogP contribution in [0.25, 0.3) is 0 Å². The SMILES string of the molecule is CC(=O)c1c(O)ccc2c1C(C(=O)C1CCOc3ccc(O)c(C(C)=O)c31)CCO2. The number of benzene rings is 2. The predicted molar refractivity (Wildman–Crippen MR) is 107 cm³/mol. The lowest BCUT2D eigenvalue weighted by atomic mass is 9.75. The largest absolute Gasteiger partial charge is 0.507 e. The van der Waals surface area contributed by atoms with E-state index in [0.717, 1.165) is 0 Å². The molecular formula is C23H22O7. The van der Waals surface area contributed by atoms with Crippen molar-refractivity contribution in [3.63, 3.8) is 0 Å². The lowest BCUT2D eigenvalue weighted by Gasteiger charge is -2.33. The molecule has 0 aliphatic carbocycles. The molecule has 2 aliphatic rings. The molecule has 0 bridgehead atoms. The molecule has 0 saturated carbocycles. The maximum Gasteiger partial charge on any atom is 0.163 e. The number of carbonyl (C=O) groups is 3. The average Bonchev–Trinajstić information content (AvgIpc) is 2.71. The van der Waals surface area contributed by atoms with E-state index >= 15 is 0 Å². The highest BCUT2D eigenvalue weighted by Gasteiger charge is 2.40. The van der Waals surface area contributed by atoms with Gasteiger partial charge in [-0.1, -0.05) is 0 Å². The number of aromatic hydroxyl groups is 2. The lowest BCUT2D eigenvalue weighted by molar-refractivity contribution is -0.123. The third-order valence-electron chi connectivity index (χ3n) is 5.78. The quantitative estimate of drug-likeness (QED) is 0.742. The monoisotopic (exact) mass is 410 g/mol. The van der Waals surface area contributed by atoms with E-state index in [1.807, 2.05) is 0 Å². The number of phenolic OH excluding ortho intramolecular Hbond substituents is 2. The van der Waals surface area contributed by atoms with Gasteiger partial charge >= 0.3 is 0 Å². The van der Waals surface area contributed by atoms with Crippen molar-refractivity contribution in [1.29, 1.82) is 0 Å². The Morgan fingerprint density at radius 1 is 0.767 bits per heavy atom. The molecule has 2 unspecified atom stereocenters. The number of rotatable bonds is 4. The average molecular weight is 410 g/mol. The minimum absolute atomic E-state index is 0.0838. The fourth-order valence-corrected chi connectivity index (χ4v) is 4.54. The summed E-state index contributed by atoms with van der Waals surface area (Å²) >= 11 is 0. The molecule has 2 aliphatic heterocycles. The van der Waals surface area contributed by atoms with E-state index in [1.165, 1.54) is 26.0 Å². The Labute approximate surface area is 173 Å². The zero-order chi connectivity index (χ0) is 21.6. The third kappa shape index (κ3) is 3.10. The maximum absolute atomic E-state index is 13.8. The fraction of sp³-hybridized carbons (Fsp3) is 0.348. The molecule has 2 aromatic rings. The van der Waals surface area contributed by atoms with Crippen molar-refractivity contribution in [3.8, 4) is 23.0 Å². The molecule has 0 radical (unpaired) electrons. The van der Waals surface area contributed by atoms with Crippen molar-refractivity contribution in [2.45, 2.75) is 38.5 Å². The minimum atomic E-state index is -0.683. The smallest absolute Gasteiger partial charge is 0.163 e. The van der Waals surface area contributed by atoms with Crippen LogP contribution in [0.5, 0.6) is 23.0 Å². The maximum atomic E-state index is 13.8. The van der Waals surface area contributed by atoms with Crippen molar-refractivity contribution < 1.29 is 34.1 Å². The standard InChI is InChI=1S/C23H22O7/c1-11(24)19-15(26)3-5-17-21(19)13(7-9-29-17)23(28)14-8-10-30-18-6-4-16(27)20(12(2)25)22(14)18/h3-6,13-14,26-27H,7-10H2,1-2H3. The summed E-state index contributed by atoms with van der Waals surface area (Å²) in [5, 5.41) is 20.5. The zero-order valence-electron chi connectivity index (χ0n) is 16.7. The fourth-order valence-electron chi connectivity index (χ4n) is 4.54. The summed E-state index contributed by atoms with van der Waals surface area (Å²) in [6.07, 6.45) is 0.687. The van der Waals surface area contributed by atoms with E-state index in [2.05, 4.69) is 0 Å². The number of hydrogen-bond acceptors (Lipinski definition) is 7. The number of carbonyl (C=O) groups excluding carboxylic acids is 3. The molecule has 2 N–H and O–H groups in total. The summed E-state index contributed by atoms with van der Waals surface area (Å²) in [6.45, 7) is 3.25. The van der Waals surface area contributed by atoms with Crippen molar-refractivity contribution in [3.05, 3.63) is 46.5 Å². The third-order valence-corrected chi connectivity index (χ3v) is 5.78. The van der Waals surface area contributed by atoms with Gasteiger partial charge in [-0.05, 0) is 51.0 Å². The molecule has 0 aromatic heterocycles. The molecule has 0 fully saturated rings. The second-order valence-corrected chi connectivity index (χ2v) is 7.64. The van der Waals surface area contributed by atoms with Gasteiger partial charge in [0.2, 0.25) is 0 Å². The summed E-state index contributed by atoms with van der Waals surface area (Å²) in [4.78, 5) is 38.2. The van der Waals surface area contributed by atoms with E-state index in [-0.39, 0.29) is 40.0 Å². The summed E-state index contributed by atoms with van der Waals surface area (Å²) in [5.74, 6) is -1.86. The van der Waals surface area contributed by atoms with Crippen LogP contribution in [0.3, 0.4) is 0 Å². The van der Waals surface area contributed by atoms with Crippen molar-refractivity contribution in [2.24, 2.45) is 0 Å². The zero-order valence-corrected chi connectivity index (χ0v) is 16.7. The molecular weight excluding hydrogens is 388 g/mol. The Hall–Kier alpha value is -3.35. The van der Waals surface area contributed by atoms with Crippen LogP contribution in [0, 0.1) is 0 Å². The summed E-state index contributed by atoms with van der Waals surface area (Å²) in [7, 11) is 0. The van der Waals surface area contributed by atoms with Gasteiger partial charge in [-0.3, -0.25) is 14.4 Å². The van der Waals surface area contributed by atoms with Crippen molar-refractivity contribution in [2.75, 3.05) is 13.2 Å². The van der Waals surface area contributed by atoms with Crippen LogP contribution in [-0.4, -0.2) is 40.8 Å². The first kappa shape index (κ1) is 19.9. The molecule has 7 nitrogen and oxygen atoms in total. The van der Waals surface area contributed by atoms with Crippen molar-refractivity contribution in [1.82, 2.24) is 0 Å². The number of fused-ring (bicyclic) bond motifs is 2. The van der Waals surface area contributed by atoms with E-state index < -0.39 is 11.8 Å². The Morgan fingerprint density at radius 3 is 1.53 bits per heavy atom. The van der Waals surface area contributed by atoms with Crippen LogP contribution in [0.2, 0.25) is 0 Å². The van der Waals surface area contributed by atoms with Gasteiger partial charge in [-0.15, -0.1) is 0 Å². The molecule has 0 spiro atoms. The second-order valence-electron chi connectivity index (χ2n) is 7.64. The summed E-state index contributed by atoms with van der Waals surface area (Å²) < 4.78 is 11.3. The number of phenols is 2. The summed E-state index contributed by atoms with van der Waals surface area (Å²) in [6, 6.07) is 5.89. The number of ketones is 3. The summed E-state index contributed by atoms with van der Waals surface area (Å²) in [5.41, 5.74) is 0.939. The Morgan fingerprint density at radius 2 is 1.17 bits per heavy atom. The second kappa shape index (κ2) is 7.48. The first-order chi connectivity index (χ1) is 14.3. The Bertz CT molecular complexity index is 986. The Balaban J connectivity index is 1.85. The molecule has 4 rings (SSSR count). The normalized spacial score (nSPS) is 19.7. The van der Waals surface area contributed by atoms with Gasteiger partial charge < -0.3 is 19.7 Å². The van der Waals surface area contributed by atoms with Crippen LogP contribution >= 0.6 is 0 Å². The van der Waals surface area contributed by atoms with E-state index in [0.29, 0.717) is 48.7 Å². The first-order valence-corrected chi connectivity index (χ1v) is 9.84. The van der Waals surface area contributed by atoms with Gasteiger partial charge in [-0.25, -0.2) is 0 Å². The molecule has 30 heavy (non-hydrogen) atoms. The van der Waals surface area contributed by atoms with E-state index in [1.54, 1.807) is 12.1 Å². The van der Waals surface area contributed by atoms with Gasteiger partial charge in [0.05, 0.1) is 36.2 Å². The van der Waals surface area contributed by atoms with Crippen LogP contribution in [0.4, 0.5) is 0 Å². The van der Waals surface area contributed by atoms with E-state index in [4.69, 9.17) is 9.47 Å². The molecule has 2 aromatic carbocycles. The minimum Gasteiger partial charge on any atom is -0.507 e. The van der Waals surface area contributed by atoms with Crippen LogP contribution in [-0.2, 0) is 4.79 Å². The van der Waals surface area contributed by atoms with Gasteiger partial charge in [0.25, 0.3) is 0 Å². The van der Waals surface area contributed by atoms with E-state index in [9.17, 15) is 24.6 Å². The molecule has 0 saturated heterocycles.